The molecule has 2 N–H and O–H groups in total. The maximum absolute atomic E-state index is 13.5. The molecule has 1 aliphatic heterocycles. The van der Waals surface area contributed by atoms with E-state index in [4.69, 9.17) is 0 Å². The summed E-state index contributed by atoms with van der Waals surface area (Å²) in [6.07, 6.45) is 7.50. The van der Waals surface area contributed by atoms with E-state index in [-0.39, 0.29) is 0 Å². The fraction of sp³-hybridized carbons (Fsp3) is 0.300. The second kappa shape index (κ2) is 6.76. The molecule has 3 heterocycles. The number of nitrogens with one attached hydrogen (secondary N) is 2. The van der Waals surface area contributed by atoms with Crippen molar-refractivity contribution in [3.8, 4) is 11.1 Å². The van der Waals surface area contributed by atoms with E-state index in [9.17, 15) is 4.39 Å². The van der Waals surface area contributed by atoms with Crippen molar-refractivity contribution in [3.63, 3.8) is 0 Å². The highest BCUT2D eigenvalue weighted by molar-refractivity contribution is 5.97. The molecule has 0 saturated carbocycles. The molecule has 25 heavy (non-hydrogen) atoms. The van der Waals surface area contributed by atoms with Crippen LogP contribution in [0.1, 0.15) is 18.4 Å². The molecule has 1 saturated heterocycles. The Bertz CT molecular complexity index is 903. The number of hydrogen-bond acceptors (Lipinski definition) is 4. The van der Waals surface area contributed by atoms with Gasteiger partial charge in [0.1, 0.15) is 0 Å². The quantitative estimate of drug-likeness (QED) is 0.712. The van der Waals surface area contributed by atoms with Gasteiger partial charge in [0.2, 0.25) is 5.95 Å². The molecule has 128 valence electrons. The molecule has 0 spiro atoms. The number of pyridine rings is 2. The lowest BCUT2D eigenvalue weighted by Gasteiger charge is -2.25. The molecule has 0 unspecified atom stereocenters. The highest BCUT2D eigenvalue weighted by Gasteiger charge is 2.15. The van der Waals surface area contributed by atoms with E-state index in [1.807, 2.05) is 18.3 Å². The van der Waals surface area contributed by atoms with E-state index in [1.54, 1.807) is 19.3 Å². The van der Waals surface area contributed by atoms with Crippen molar-refractivity contribution in [2.75, 3.05) is 18.4 Å². The van der Waals surface area contributed by atoms with Gasteiger partial charge in [0.15, 0.2) is 0 Å². The Hall–Kier alpha value is -2.53. The normalized spacial score (nSPS) is 15.4. The fourth-order valence-electron chi connectivity index (χ4n) is 3.39. The van der Waals surface area contributed by atoms with Crippen molar-refractivity contribution in [3.05, 3.63) is 54.4 Å². The standard InChI is InChI=1S/C20H21FN4/c1-13-8-16(11-24-20(13)21)15-9-14-2-5-23-12-18(14)19(10-15)25-17-3-6-22-7-4-17/h2,5,8-12,17,22,25H,3-4,6-7H2,1H3. The molecule has 5 heteroatoms. The molecule has 0 bridgehead atoms. The Morgan fingerprint density at radius 1 is 1.12 bits per heavy atom. The van der Waals surface area contributed by atoms with Gasteiger partial charge in [-0.3, -0.25) is 4.98 Å². The summed E-state index contributed by atoms with van der Waals surface area (Å²) in [5, 5.41) is 9.30. The van der Waals surface area contributed by atoms with Crippen LogP contribution in [-0.4, -0.2) is 29.1 Å². The lowest BCUT2D eigenvalue weighted by Crippen LogP contribution is -2.35. The summed E-state index contributed by atoms with van der Waals surface area (Å²) in [7, 11) is 0. The van der Waals surface area contributed by atoms with E-state index in [0.717, 1.165) is 53.5 Å². The zero-order valence-electron chi connectivity index (χ0n) is 14.2. The second-order valence-corrected chi connectivity index (χ2v) is 6.62. The van der Waals surface area contributed by atoms with Crippen LogP contribution >= 0.6 is 0 Å². The lowest BCUT2D eigenvalue weighted by atomic mass is 9.99. The predicted molar refractivity (Wildman–Crippen MR) is 99.2 cm³/mol. The number of hydrogen-bond donors (Lipinski definition) is 2. The lowest BCUT2D eigenvalue weighted by molar-refractivity contribution is 0.479. The molecule has 4 rings (SSSR count). The molecule has 2 aromatic heterocycles. The molecule has 3 aromatic rings. The van der Waals surface area contributed by atoms with Gasteiger partial charge >= 0.3 is 0 Å². The third-order valence-corrected chi connectivity index (χ3v) is 4.80. The van der Waals surface area contributed by atoms with Crippen LogP contribution in [0, 0.1) is 12.9 Å². The number of benzene rings is 1. The Balaban J connectivity index is 1.78. The zero-order valence-corrected chi connectivity index (χ0v) is 14.2. The molecule has 0 amide bonds. The van der Waals surface area contributed by atoms with E-state index >= 15 is 0 Å². The maximum atomic E-state index is 13.5. The van der Waals surface area contributed by atoms with Gasteiger partial charge in [-0.05, 0) is 68.1 Å². The van der Waals surface area contributed by atoms with E-state index in [0.29, 0.717) is 11.6 Å². The van der Waals surface area contributed by atoms with Crippen molar-refractivity contribution in [1.82, 2.24) is 15.3 Å². The number of piperidine rings is 1. The summed E-state index contributed by atoms with van der Waals surface area (Å²) < 4.78 is 13.5. The van der Waals surface area contributed by atoms with E-state index in [1.165, 1.54) is 0 Å². The average Bonchev–Trinajstić information content (AvgIpc) is 2.65. The van der Waals surface area contributed by atoms with Gasteiger partial charge in [-0.25, -0.2) is 4.98 Å². The summed E-state index contributed by atoms with van der Waals surface area (Å²) >= 11 is 0. The minimum atomic E-state index is -0.415. The molecule has 4 nitrogen and oxygen atoms in total. The molecular formula is C20H21FN4. The maximum Gasteiger partial charge on any atom is 0.215 e. The number of fused-ring (bicyclic) bond motifs is 1. The number of nitrogens with zero attached hydrogens (tertiary/aromatic N) is 2. The smallest absolute Gasteiger partial charge is 0.215 e. The minimum Gasteiger partial charge on any atom is -0.382 e. The van der Waals surface area contributed by atoms with Crippen LogP contribution in [0.5, 0.6) is 0 Å². The number of rotatable bonds is 3. The van der Waals surface area contributed by atoms with Crippen LogP contribution in [0.3, 0.4) is 0 Å². The van der Waals surface area contributed by atoms with E-state index < -0.39 is 5.95 Å². The molecule has 1 aromatic carbocycles. The largest absolute Gasteiger partial charge is 0.382 e. The number of aromatic nitrogens is 2. The van der Waals surface area contributed by atoms with Crippen molar-refractivity contribution < 1.29 is 4.39 Å². The Morgan fingerprint density at radius 2 is 1.96 bits per heavy atom. The third-order valence-electron chi connectivity index (χ3n) is 4.80. The van der Waals surface area contributed by atoms with Gasteiger partial charge in [-0.1, -0.05) is 0 Å². The Morgan fingerprint density at radius 3 is 2.76 bits per heavy atom. The van der Waals surface area contributed by atoms with Crippen LogP contribution in [0.25, 0.3) is 21.9 Å². The SMILES string of the molecule is Cc1cc(-c2cc(NC3CCNCC3)c3cnccc3c2)cnc1F. The second-order valence-electron chi connectivity index (χ2n) is 6.62. The Kier molecular flexibility index (Phi) is 4.32. The minimum absolute atomic E-state index is 0.415. The zero-order chi connectivity index (χ0) is 17.2. The van der Waals surface area contributed by atoms with Crippen LogP contribution in [0.15, 0.2) is 42.9 Å². The van der Waals surface area contributed by atoms with Crippen LogP contribution in [0.2, 0.25) is 0 Å². The van der Waals surface area contributed by atoms with Crippen molar-refractivity contribution in [2.24, 2.45) is 0 Å². The van der Waals surface area contributed by atoms with Gasteiger partial charge < -0.3 is 10.6 Å². The van der Waals surface area contributed by atoms with Gasteiger partial charge in [0, 0.05) is 46.8 Å². The third kappa shape index (κ3) is 3.33. The summed E-state index contributed by atoms with van der Waals surface area (Å²) in [5.41, 5.74) is 3.59. The average molecular weight is 336 g/mol. The van der Waals surface area contributed by atoms with E-state index in [2.05, 4.69) is 32.7 Å². The summed E-state index contributed by atoms with van der Waals surface area (Å²) in [6, 6.07) is 8.54. The Labute approximate surface area is 146 Å². The van der Waals surface area contributed by atoms with Crippen molar-refractivity contribution >= 4 is 16.5 Å². The monoisotopic (exact) mass is 336 g/mol. The fourth-order valence-corrected chi connectivity index (χ4v) is 3.39. The topological polar surface area (TPSA) is 49.8 Å². The molecule has 0 atom stereocenters. The number of aryl methyl sites for hydroxylation is 1. The molecule has 1 aliphatic rings. The summed E-state index contributed by atoms with van der Waals surface area (Å²) in [6.45, 7) is 3.81. The summed E-state index contributed by atoms with van der Waals surface area (Å²) in [4.78, 5) is 8.15. The first-order chi connectivity index (χ1) is 12.2. The predicted octanol–water partition coefficient (Wildman–Crippen LogP) is 3.91. The molecular weight excluding hydrogens is 315 g/mol. The van der Waals surface area contributed by atoms with Crippen LogP contribution in [-0.2, 0) is 0 Å². The highest BCUT2D eigenvalue weighted by atomic mass is 19.1. The summed E-state index contributed by atoms with van der Waals surface area (Å²) in [5.74, 6) is -0.415. The van der Waals surface area contributed by atoms with Crippen LogP contribution in [0.4, 0.5) is 10.1 Å². The molecule has 0 radical (unpaired) electrons. The van der Waals surface area contributed by atoms with Gasteiger partial charge in [0.25, 0.3) is 0 Å². The first kappa shape index (κ1) is 16.0. The van der Waals surface area contributed by atoms with Gasteiger partial charge in [-0.2, -0.15) is 4.39 Å². The van der Waals surface area contributed by atoms with Gasteiger partial charge in [0.05, 0.1) is 0 Å². The first-order valence-electron chi connectivity index (χ1n) is 8.68. The molecule has 1 fully saturated rings. The van der Waals surface area contributed by atoms with Gasteiger partial charge in [-0.15, -0.1) is 0 Å². The van der Waals surface area contributed by atoms with Crippen LogP contribution < -0.4 is 10.6 Å². The first-order valence-corrected chi connectivity index (χ1v) is 8.68. The highest BCUT2D eigenvalue weighted by Crippen LogP contribution is 2.32. The van der Waals surface area contributed by atoms with Crippen molar-refractivity contribution in [2.45, 2.75) is 25.8 Å². The van der Waals surface area contributed by atoms with Crippen molar-refractivity contribution in [1.29, 1.82) is 0 Å². The number of anilines is 1. The molecule has 0 aliphatic carbocycles. The number of halogens is 1.